The van der Waals surface area contributed by atoms with E-state index in [0.29, 0.717) is 0 Å². The van der Waals surface area contributed by atoms with E-state index in [1.54, 1.807) is 0 Å². The summed E-state index contributed by atoms with van der Waals surface area (Å²) in [5.41, 5.74) is 9.22. The van der Waals surface area contributed by atoms with Crippen molar-refractivity contribution in [2.45, 2.75) is 12.8 Å². The molecule has 3 aliphatic rings. The number of benzene rings is 5. The van der Waals surface area contributed by atoms with Crippen molar-refractivity contribution in [2.24, 2.45) is 0 Å². The Morgan fingerprint density at radius 1 is 0.533 bits per heavy atom. The smallest absolute Gasteiger partial charge is 0.147 e. The molecule has 214 valence electrons. The van der Waals surface area contributed by atoms with Crippen molar-refractivity contribution < 1.29 is 9.47 Å². The molecule has 2 aliphatic heterocycles. The highest BCUT2D eigenvalue weighted by molar-refractivity contribution is 7.80. The van der Waals surface area contributed by atoms with Gasteiger partial charge in [-0.2, -0.15) is 0 Å². The van der Waals surface area contributed by atoms with Crippen LogP contribution in [0.3, 0.4) is 0 Å². The lowest BCUT2D eigenvalue weighted by atomic mass is 9.98. The lowest BCUT2D eigenvalue weighted by Crippen LogP contribution is -2.32. The van der Waals surface area contributed by atoms with Gasteiger partial charge in [-0.3, -0.25) is 4.98 Å². The molecule has 1 atom stereocenters. The quantitative estimate of drug-likeness (QED) is 0.189. The van der Waals surface area contributed by atoms with E-state index in [1.165, 1.54) is 27.3 Å². The summed E-state index contributed by atoms with van der Waals surface area (Å²) in [6.07, 6.45) is 12.7. The largest absolute Gasteiger partial charge is 0.456 e. The molecule has 0 amide bonds. The number of rotatable bonds is 4. The fourth-order valence-electron chi connectivity index (χ4n) is 6.57. The maximum atomic E-state index is 6.96. The molecule has 0 radical (unpaired) electrons. The molecule has 1 aliphatic carbocycles. The highest BCUT2D eigenvalue weighted by Crippen LogP contribution is 2.55. The third-order valence-corrected chi connectivity index (χ3v) is 11.3. The van der Waals surface area contributed by atoms with Gasteiger partial charge in [0.05, 0.1) is 5.30 Å². The van der Waals surface area contributed by atoms with Crippen LogP contribution in [-0.2, 0) is 0 Å². The normalized spacial score (nSPS) is 15.6. The van der Waals surface area contributed by atoms with Crippen LogP contribution in [0.1, 0.15) is 18.4 Å². The van der Waals surface area contributed by atoms with E-state index in [-0.39, 0.29) is 0 Å². The van der Waals surface area contributed by atoms with E-state index in [4.69, 9.17) is 9.47 Å². The molecule has 1 aromatic heterocycles. The van der Waals surface area contributed by atoms with Gasteiger partial charge in [0.1, 0.15) is 23.0 Å². The van der Waals surface area contributed by atoms with Gasteiger partial charge < -0.3 is 9.47 Å². The van der Waals surface area contributed by atoms with E-state index in [2.05, 4.69) is 126 Å². The van der Waals surface area contributed by atoms with Crippen LogP contribution < -0.4 is 25.4 Å². The molecule has 0 fully saturated rings. The topological polar surface area (TPSA) is 31.4 Å². The molecule has 1 unspecified atom stereocenters. The predicted molar refractivity (Wildman–Crippen MR) is 186 cm³/mol. The van der Waals surface area contributed by atoms with Crippen LogP contribution in [0, 0.1) is 0 Å². The summed E-state index contributed by atoms with van der Waals surface area (Å²) in [5.74, 6) is 3.61. The minimum Gasteiger partial charge on any atom is -0.456 e. The SMILES string of the molecule is C1=CC(c2ccc3c(c2)Oc2ccc(-c4cccc(-c5ccncc5)c4)c4c2P3c2ccc(-c3ccccc3)cc2O4)=CCC1. The van der Waals surface area contributed by atoms with Gasteiger partial charge in [-0.05, 0) is 106 Å². The molecule has 4 heteroatoms. The second kappa shape index (κ2) is 10.7. The molecule has 3 nitrogen and oxygen atoms in total. The fourth-order valence-corrected chi connectivity index (χ4v) is 9.13. The second-order valence-electron chi connectivity index (χ2n) is 11.5. The average molecular weight is 598 g/mol. The zero-order chi connectivity index (χ0) is 29.7. The number of fused-ring (bicyclic) bond motifs is 4. The summed E-state index contributed by atoms with van der Waals surface area (Å²) in [6, 6.07) is 41.0. The number of nitrogens with zero attached hydrogens (tertiary/aromatic N) is 1. The standard InChI is InChI=1S/C41H28NO2P/c1-3-8-27(9-4-1)31-14-18-38-36(25-31)43-35-17-16-34(33-13-7-12-30(24-33)29-20-22-42-23-21-29)40-41(35)45(38)39-19-15-32(26-37(39)44-40)28-10-5-2-6-11-28/h2-3,5-26H,1,4H2. The third-order valence-electron chi connectivity index (χ3n) is 8.77. The average Bonchev–Trinajstić information content (AvgIpc) is 3.12. The minimum atomic E-state index is -0.916. The summed E-state index contributed by atoms with van der Waals surface area (Å²) in [7, 11) is -0.916. The van der Waals surface area contributed by atoms with Gasteiger partial charge in [-0.1, -0.05) is 78.9 Å². The van der Waals surface area contributed by atoms with E-state index in [1.807, 2.05) is 24.5 Å². The van der Waals surface area contributed by atoms with Crippen LogP contribution in [-0.4, -0.2) is 4.98 Å². The molecule has 0 saturated carbocycles. The van der Waals surface area contributed by atoms with Crippen LogP contribution in [0.15, 0.2) is 146 Å². The predicted octanol–water partition coefficient (Wildman–Crippen LogP) is 9.79. The monoisotopic (exact) mass is 597 g/mol. The zero-order valence-electron chi connectivity index (χ0n) is 24.5. The first-order valence-electron chi connectivity index (χ1n) is 15.3. The molecule has 5 aromatic carbocycles. The van der Waals surface area contributed by atoms with E-state index < -0.39 is 7.92 Å². The van der Waals surface area contributed by atoms with Gasteiger partial charge in [0.2, 0.25) is 0 Å². The number of hydrogen-bond acceptors (Lipinski definition) is 3. The van der Waals surface area contributed by atoms with Gasteiger partial charge in [-0.25, -0.2) is 0 Å². The molecule has 3 heterocycles. The molecule has 0 saturated heterocycles. The molecule has 9 rings (SSSR count). The zero-order valence-corrected chi connectivity index (χ0v) is 25.4. The molecule has 0 spiro atoms. The van der Waals surface area contributed by atoms with Crippen molar-refractivity contribution in [3.63, 3.8) is 0 Å². The van der Waals surface area contributed by atoms with Crippen molar-refractivity contribution in [3.8, 4) is 56.4 Å². The number of aromatic nitrogens is 1. The number of pyridine rings is 1. The van der Waals surface area contributed by atoms with Crippen molar-refractivity contribution >= 4 is 29.4 Å². The molecule has 0 bridgehead atoms. The first-order chi connectivity index (χ1) is 22.3. The summed E-state index contributed by atoms with van der Waals surface area (Å²) < 4.78 is 13.7. The van der Waals surface area contributed by atoms with Crippen molar-refractivity contribution in [1.29, 1.82) is 0 Å². The summed E-state index contributed by atoms with van der Waals surface area (Å²) in [5, 5.41) is 3.59. The fraction of sp³-hybridized carbons (Fsp3) is 0.0488. The second-order valence-corrected chi connectivity index (χ2v) is 13.6. The highest BCUT2D eigenvalue weighted by Gasteiger charge is 2.38. The number of allylic oxidation sites excluding steroid dienone is 4. The first kappa shape index (κ1) is 26.2. The molecule has 6 aromatic rings. The molecule has 0 N–H and O–H groups in total. The third kappa shape index (κ3) is 4.51. The Balaban J connectivity index is 1.23. The van der Waals surface area contributed by atoms with Gasteiger partial charge in [0, 0.05) is 36.5 Å². The molecule has 45 heavy (non-hydrogen) atoms. The van der Waals surface area contributed by atoms with Crippen LogP contribution in [0.5, 0.6) is 23.0 Å². The number of ether oxygens (including phenoxy) is 2. The lowest BCUT2D eigenvalue weighted by molar-refractivity contribution is 0.468. The molecular formula is C41H28NO2P. The first-order valence-corrected chi connectivity index (χ1v) is 16.7. The Hall–Kier alpha value is -5.24. The van der Waals surface area contributed by atoms with Crippen LogP contribution in [0.2, 0.25) is 0 Å². The van der Waals surface area contributed by atoms with Gasteiger partial charge in [0.25, 0.3) is 0 Å². The maximum absolute atomic E-state index is 6.96. The maximum Gasteiger partial charge on any atom is 0.147 e. The summed E-state index contributed by atoms with van der Waals surface area (Å²) in [6.45, 7) is 0. The van der Waals surface area contributed by atoms with E-state index >= 15 is 0 Å². The highest BCUT2D eigenvalue weighted by atomic mass is 31.1. The van der Waals surface area contributed by atoms with Crippen LogP contribution in [0.4, 0.5) is 0 Å². The lowest BCUT2D eigenvalue weighted by Gasteiger charge is -2.36. The van der Waals surface area contributed by atoms with E-state index in [0.717, 1.165) is 69.0 Å². The van der Waals surface area contributed by atoms with Gasteiger partial charge >= 0.3 is 0 Å². The Kier molecular flexibility index (Phi) is 6.25. The van der Waals surface area contributed by atoms with Crippen molar-refractivity contribution in [3.05, 3.63) is 151 Å². The Morgan fingerprint density at radius 2 is 1.24 bits per heavy atom. The summed E-state index contributed by atoms with van der Waals surface area (Å²) >= 11 is 0. The van der Waals surface area contributed by atoms with Crippen LogP contribution >= 0.6 is 7.92 Å². The van der Waals surface area contributed by atoms with Crippen molar-refractivity contribution in [2.75, 3.05) is 0 Å². The molecular weight excluding hydrogens is 569 g/mol. The van der Waals surface area contributed by atoms with Crippen LogP contribution in [0.25, 0.3) is 39.0 Å². The minimum absolute atomic E-state index is 0.876. The Labute approximate surface area is 263 Å². The van der Waals surface area contributed by atoms with Gasteiger partial charge in [-0.15, -0.1) is 0 Å². The summed E-state index contributed by atoms with van der Waals surface area (Å²) in [4.78, 5) is 4.21. The van der Waals surface area contributed by atoms with Crippen molar-refractivity contribution in [1.82, 2.24) is 4.98 Å². The Bertz CT molecular complexity index is 2170. The Morgan fingerprint density at radius 3 is 2.07 bits per heavy atom. The number of hydrogen-bond donors (Lipinski definition) is 0. The van der Waals surface area contributed by atoms with E-state index in [9.17, 15) is 0 Å². The van der Waals surface area contributed by atoms with Gasteiger partial charge in [0.15, 0.2) is 0 Å².